The summed E-state index contributed by atoms with van der Waals surface area (Å²) in [6.07, 6.45) is 2.94. The van der Waals surface area contributed by atoms with E-state index in [0.29, 0.717) is 11.3 Å². The van der Waals surface area contributed by atoms with Gasteiger partial charge < -0.3 is 16.4 Å². The molecule has 20 heavy (non-hydrogen) atoms. The Balaban J connectivity index is 2.33. The summed E-state index contributed by atoms with van der Waals surface area (Å²) in [6.45, 7) is 1.93. The minimum absolute atomic E-state index is 0.0210. The van der Waals surface area contributed by atoms with Gasteiger partial charge in [-0.2, -0.15) is 11.8 Å². The zero-order valence-corrected chi connectivity index (χ0v) is 12.6. The summed E-state index contributed by atoms with van der Waals surface area (Å²) in [5, 5.41) is 5.43. The van der Waals surface area contributed by atoms with E-state index < -0.39 is 0 Å². The van der Waals surface area contributed by atoms with Crippen molar-refractivity contribution in [1.29, 1.82) is 0 Å². The van der Waals surface area contributed by atoms with Crippen molar-refractivity contribution >= 4 is 29.3 Å². The number of nitrogen functional groups attached to an aromatic ring is 1. The molecule has 2 amide bonds. The van der Waals surface area contributed by atoms with Crippen molar-refractivity contribution in [3.8, 4) is 0 Å². The fraction of sp³-hybridized carbons (Fsp3) is 0.429. The van der Waals surface area contributed by atoms with Crippen LogP contribution in [0.1, 0.15) is 23.7 Å². The molecule has 0 aliphatic carbocycles. The predicted molar refractivity (Wildman–Crippen MR) is 83.8 cm³/mol. The van der Waals surface area contributed by atoms with Crippen LogP contribution < -0.4 is 16.4 Å². The number of anilines is 1. The number of hydrogen-bond acceptors (Lipinski definition) is 4. The van der Waals surface area contributed by atoms with E-state index in [0.717, 1.165) is 12.2 Å². The maximum absolute atomic E-state index is 11.8. The van der Waals surface area contributed by atoms with Crippen LogP contribution in [-0.2, 0) is 4.79 Å². The Hall–Kier alpha value is -1.69. The van der Waals surface area contributed by atoms with E-state index in [1.165, 1.54) is 0 Å². The first-order valence-corrected chi connectivity index (χ1v) is 7.84. The van der Waals surface area contributed by atoms with Gasteiger partial charge in [0.05, 0.1) is 6.54 Å². The third-order valence-electron chi connectivity index (χ3n) is 2.74. The van der Waals surface area contributed by atoms with Crippen molar-refractivity contribution in [1.82, 2.24) is 10.6 Å². The van der Waals surface area contributed by atoms with Gasteiger partial charge in [0.2, 0.25) is 5.91 Å². The first kappa shape index (κ1) is 16.4. The van der Waals surface area contributed by atoms with Gasteiger partial charge in [-0.1, -0.05) is 0 Å². The van der Waals surface area contributed by atoms with Gasteiger partial charge in [-0.3, -0.25) is 9.59 Å². The fourth-order valence-electron chi connectivity index (χ4n) is 1.59. The summed E-state index contributed by atoms with van der Waals surface area (Å²) < 4.78 is 0. The normalized spacial score (nSPS) is 11.7. The van der Waals surface area contributed by atoms with E-state index >= 15 is 0 Å². The molecule has 6 heteroatoms. The molecular formula is C14H21N3O2S. The first-order valence-electron chi connectivity index (χ1n) is 6.45. The van der Waals surface area contributed by atoms with Gasteiger partial charge in [-0.15, -0.1) is 0 Å². The average Bonchev–Trinajstić information content (AvgIpc) is 2.43. The molecule has 0 bridgehead atoms. The van der Waals surface area contributed by atoms with Gasteiger partial charge in [0.1, 0.15) is 0 Å². The number of amides is 2. The van der Waals surface area contributed by atoms with E-state index in [4.69, 9.17) is 5.73 Å². The van der Waals surface area contributed by atoms with Crippen LogP contribution in [0.3, 0.4) is 0 Å². The Bertz CT molecular complexity index is 448. The summed E-state index contributed by atoms with van der Waals surface area (Å²) in [7, 11) is 0. The molecule has 1 unspecified atom stereocenters. The van der Waals surface area contributed by atoms with Gasteiger partial charge in [0.25, 0.3) is 5.91 Å². The van der Waals surface area contributed by atoms with E-state index in [1.54, 1.807) is 36.0 Å². The third kappa shape index (κ3) is 5.97. The van der Waals surface area contributed by atoms with Crippen LogP contribution in [0.25, 0.3) is 0 Å². The van der Waals surface area contributed by atoms with Crippen LogP contribution in [0.2, 0.25) is 0 Å². The molecule has 0 aliphatic rings. The number of nitrogens with one attached hydrogen (secondary N) is 2. The molecule has 0 heterocycles. The van der Waals surface area contributed by atoms with Crippen molar-refractivity contribution in [2.75, 3.05) is 24.3 Å². The van der Waals surface area contributed by atoms with Crippen LogP contribution in [0, 0.1) is 0 Å². The molecule has 0 saturated carbocycles. The molecule has 0 fully saturated rings. The van der Waals surface area contributed by atoms with Gasteiger partial charge in [0, 0.05) is 17.3 Å². The van der Waals surface area contributed by atoms with Crippen LogP contribution >= 0.6 is 11.8 Å². The van der Waals surface area contributed by atoms with Crippen molar-refractivity contribution in [2.24, 2.45) is 0 Å². The summed E-state index contributed by atoms with van der Waals surface area (Å²) >= 11 is 1.74. The maximum Gasteiger partial charge on any atom is 0.251 e. The van der Waals surface area contributed by atoms with Crippen molar-refractivity contribution in [3.63, 3.8) is 0 Å². The second-order valence-electron chi connectivity index (χ2n) is 4.55. The van der Waals surface area contributed by atoms with Gasteiger partial charge in [-0.05, 0) is 49.6 Å². The van der Waals surface area contributed by atoms with E-state index in [1.807, 2.05) is 13.2 Å². The monoisotopic (exact) mass is 295 g/mol. The third-order valence-corrected chi connectivity index (χ3v) is 3.39. The molecule has 1 rings (SSSR count). The van der Waals surface area contributed by atoms with Gasteiger partial charge in [0.15, 0.2) is 0 Å². The van der Waals surface area contributed by atoms with Crippen LogP contribution in [-0.4, -0.2) is 36.4 Å². The molecule has 1 atom stereocenters. The number of thioether (sulfide) groups is 1. The highest BCUT2D eigenvalue weighted by molar-refractivity contribution is 7.98. The highest BCUT2D eigenvalue weighted by Gasteiger charge is 2.10. The average molecular weight is 295 g/mol. The SMILES string of the molecule is CSCCC(C)NC(=O)CNC(=O)c1ccc(N)cc1. The van der Waals surface area contributed by atoms with Crippen molar-refractivity contribution in [2.45, 2.75) is 19.4 Å². The molecule has 0 aliphatic heterocycles. The lowest BCUT2D eigenvalue weighted by Gasteiger charge is -2.13. The zero-order valence-electron chi connectivity index (χ0n) is 11.8. The molecule has 0 aromatic heterocycles. The summed E-state index contributed by atoms with van der Waals surface area (Å²) in [4.78, 5) is 23.4. The van der Waals surface area contributed by atoms with E-state index in [9.17, 15) is 9.59 Å². The molecule has 110 valence electrons. The lowest BCUT2D eigenvalue weighted by Crippen LogP contribution is -2.41. The number of rotatable bonds is 7. The Kier molecular flexibility index (Phi) is 6.93. The van der Waals surface area contributed by atoms with E-state index in [2.05, 4.69) is 10.6 Å². The number of benzene rings is 1. The Morgan fingerprint density at radius 2 is 1.95 bits per heavy atom. The lowest BCUT2D eigenvalue weighted by molar-refractivity contribution is -0.120. The maximum atomic E-state index is 11.8. The number of nitrogens with two attached hydrogens (primary N) is 1. The molecule has 0 spiro atoms. The Labute approximate surface area is 123 Å². The van der Waals surface area contributed by atoms with Gasteiger partial charge in [-0.25, -0.2) is 0 Å². The number of carbonyl (C=O) groups excluding carboxylic acids is 2. The van der Waals surface area contributed by atoms with Gasteiger partial charge >= 0.3 is 0 Å². The smallest absolute Gasteiger partial charge is 0.251 e. The van der Waals surface area contributed by atoms with Crippen LogP contribution in [0.15, 0.2) is 24.3 Å². The molecule has 1 aromatic carbocycles. The minimum Gasteiger partial charge on any atom is -0.399 e. The van der Waals surface area contributed by atoms with Crippen molar-refractivity contribution in [3.05, 3.63) is 29.8 Å². The Morgan fingerprint density at radius 1 is 1.30 bits per heavy atom. The summed E-state index contributed by atoms with van der Waals surface area (Å²) in [5.41, 5.74) is 6.63. The largest absolute Gasteiger partial charge is 0.399 e. The standard InChI is InChI=1S/C14H21N3O2S/c1-10(7-8-20-2)17-13(18)9-16-14(19)11-3-5-12(15)6-4-11/h3-6,10H,7-9,15H2,1-2H3,(H,16,19)(H,17,18). The van der Waals surface area contributed by atoms with E-state index in [-0.39, 0.29) is 24.4 Å². The van der Waals surface area contributed by atoms with Crippen molar-refractivity contribution < 1.29 is 9.59 Å². The zero-order chi connectivity index (χ0) is 15.0. The summed E-state index contributed by atoms with van der Waals surface area (Å²) in [6, 6.07) is 6.68. The summed E-state index contributed by atoms with van der Waals surface area (Å²) in [5.74, 6) is 0.540. The molecule has 1 aromatic rings. The molecule has 5 nitrogen and oxygen atoms in total. The minimum atomic E-state index is -0.281. The molecule has 0 saturated heterocycles. The Morgan fingerprint density at radius 3 is 2.55 bits per heavy atom. The second kappa shape index (κ2) is 8.47. The predicted octanol–water partition coefficient (Wildman–Crippen LogP) is 1.26. The fourth-order valence-corrected chi connectivity index (χ4v) is 2.18. The highest BCUT2D eigenvalue weighted by Crippen LogP contribution is 2.05. The lowest BCUT2D eigenvalue weighted by atomic mass is 10.2. The number of carbonyl (C=O) groups is 2. The quantitative estimate of drug-likeness (QED) is 0.661. The second-order valence-corrected chi connectivity index (χ2v) is 5.54. The first-order chi connectivity index (χ1) is 9.52. The molecule has 0 radical (unpaired) electrons. The van der Waals surface area contributed by atoms with Crippen LogP contribution in [0.4, 0.5) is 5.69 Å². The number of hydrogen-bond donors (Lipinski definition) is 3. The molecular weight excluding hydrogens is 274 g/mol. The topological polar surface area (TPSA) is 84.2 Å². The van der Waals surface area contributed by atoms with Crippen LogP contribution in [0.5, 0.6) is 0 Å². The molecule has 4 N–H and O–H groups in total. The highest BCUT2D eigenvalue weighted by atomic mass is 32.2.